The molecular weight excluding hydrogens is 356 g/mol. The van der Waals surface area contributed by atoms with E-state index in [0.717, 1.165) is 0 Å². The normalized spacial score (nSPS) is 12.6. The molecule has 0 saturated carbocycles. The molecule has 0 radical (unpaired) electrons. The molecule has 28 heavy (non-hydrogen) atoms. The van der Waals surface area contributed by atoms with E-state index < -0.39 is 5.91 Å². The maximum absolute atomic E-state index is 12.8. The minimum Gasteiger partial charge on any atom is -0.398 e. The highest BCUT2D eigenvalue weighted by molar-refractivity contribution is 6.30. The molecule has 1 heterocycles. The highest BCUT2D eigenvalue weighted by atomic mass is 16.2. The molecule has 1 aliphatic carbocycles. The van der Waals surface area contributed by atoms with Gasteiger partial charge in [-0.3, -0.25) is 19.4 Å². The van der Waals surface area contributed by atoms with E-state index in [1.165, 1.54) is 18.6 Å². The van der Waals surface area contributed by atoms with E-state index in [0.29, 0.717) is 22.3 Å². The van der Waals surface area contributed by atoms with Crippen molar-refractivity contribution in [2.75, 3.05) is 5.73 Å². The van der Waals surface area contributed by atoms with Gasteiger partial charge in [0, 0.05) is 40.2 Å². The van der Waals surface area contributed by atoms with Gasteiger partial charge in [-0.2, -0.15) is 5.10 Å². The molecule has 2 aromatic carbocycles. The number of carbonyl (C=O) groups is 3. The van der Waals surface area contributed by atoms with Crippen molar-refractivity contribution in [3.8, 4) is 0 Å². The van der Waals surface area contributed by atoms with E-state index in [1.807, 2.05) is 0 Å². The van der Waals surface area contributed by atoms with Crippen LogP contribution in [-0.4, -0.2) is 28.7 Å². The second-order valence-electron chi connectivity index (χ2n) is 6.13. The summed E-state index contributed by atoms with van der Waals surface area (Å²) in [5.41, 5.74) is 10.6. The zero-order chi connectivity index (χ0) is 19.7. The van der Waals surface area contributed by atoms with E-state index >= 15 is 0 Å². The van der Waals surface area contributed by atoms with Crippen LogP contribution in [0.2, 0.25) is 0 Å². The van der Waals surface area contributed by atoms with E-state index in [-0.39, 0.29) is 28.4 Å². The van der Waals surface area contributed by atoms with Gasteiger partial charge in [0.1, 0.15) is 0 Å². The van der Waals surface area contributed by atoms with E-state index in [1.54, 1.807) is 48.5 Å². The summed E-state index contributed by atoms with van der Waals surface area (Å²) in [4.78, 5) is 41.4. The number of rotatable bonds is 3. The maximum Gasteiger partial charge on any atom is 0.271 e. The van der Waals surface area contributed by atoms with Crippen molar-refractivity contribution in [1.82, 2.24) is 10.4 Å². The Bertz CT molecular complexity index is 1150. The molecule has 1 amide bonds. The molecule has 7 heteroatoms. The van der Waals surface area contributed by atoms with Crippen molar-refractivity contribution in [3.05, 3.63) is 94.3 Å². The van der Waals surface area contributed by atoms with Crippen LogP contribution in [-0.2, 0) is 0 Å². The lowest BCUT2D eigenvalue weighted by atomic mass is 9.82. The van der Waals surface area contributed by atoms with Crippen molar-refractivity contribution >= 4 is 29.4 Å². The van der Waals surface area contributed by atoms with Crippen LogP contribution < -0.4 is 11.2 Å². The lowest BCUT2D eigenvalue weighted by Crippen LogP contribution is -2.23. The van der Waals surface area contributed by atoms with Crippen LogP contribution >= 0.6 is 0 Å². The number of anilines is 1. The average molecular weight is 370 g/mol. The third-order valence-electron chi connectivity index (χ3n) is 4.48. The first-order valence-corrected chi connectivity index (χ1v) is 8.42. The van der Waals surface area contributed by atoms with Crippen molar-refractivity contribution in [1.29, 1.82) is 0 Å². The number of hydrogen-bond donors (Lipinski definition) is 2. The number of benzene rings is 2. The van der Waals surface area contributed by atoms with E-state index in [2.05, 4.69) is 15.5 Å². The Kier molecular flexibility index (Phi) is 4.25. The topological polar surface area (TPSA) is 115 Å². The van der Waals surface area contributed by atoms with Crippen molar-refractivity contribution < 1.29 is 14.4 Å². The monoisotopic (exact) mass is 370 g/mol. The first kappa shape index (κ1) is 17.3. The fourth-order valence-corrected chi connectivity index (χ4v) is 3.07. The highest BCUT2D eigenvalue weighted by Crippen LogP contribution is 2.32. The number of nitrogens with zero attached hydrogens (tertiary/aromatic N) is 2. The Balaban J connectivity index is 1.64. The van der Waals surface area contributed by atoms with Crippen LogP contribution in [0.1, 0.15) is 47.8 Å². The number of hydrazone groups is 1. The number of aromatic nitrogens is 1. The van der Waals surface area contributed by atoms with Crippen LogP contribution in [0, 0.1) is 0 Å². The number of amides is 1. The molecule has 0 atom stereocenters. The third-order valence-corrected chi connectivity index (χ3v) is 4.48. The Morgan fingerprint density at radius 3 is 2.32 bits per heavy atom. The summed E-state index contributed by atoms with van der Waals surface area (Å²) in [6.07, 6.45) is 4.34. The quantitative estimate of drug-likeness (QED) is 0.326. The summed E-state index contributed by atoms with van der Waals surface area (Å²) in [5, 5.41) is 3.89. The first-order valence-electron chi connectivity index (χ1n) is 8.42. The summed E-state index contributed by atoms with van der Waals surface area (Å²) in [5.74, 6) is -0.958. The molecule has 0 fully saturated rings. The Morgan fingerprint density at radius 2 is 1.61 bits per heavy atom. The van der Waals surface area contributed by atoms with Gasteiger partial charge in [-0.25, -0.2) is 5.43 Å². The summed E-state index contributed by atoms with van der Waals surface area (Å²) in [6, 6.07) is 12.9. The second kappa shape index (κ2) is 6.88. The Morgan fingerprint density at radius 1 is 0.929 bits per heavy atom. The summed E-state index contributed by atoms with van der Waals surface area (Å²) >= 11 is 0. The molecule has 3 aromatic rings. The first-order chi connectivity index (χ1) is 13.6. The lowest BCUT2D eigenvalue weighted by Gasteiger charge is -2.19. The number of nitrogen functional groups attached to an aromatic ring is 1. The molecular formula is C21H14N4O3. The van der Waals surface area contributed by atoms with Crippen LogP contribution in [0.3, 0.4) is 0 Å². The van der Waals surface area contributed by atoms with E-state index in [4.69, 9.17) is 5.73 Å². The number of fused-ring (bicyclic) bond motifs is 2. The van der Waals surface area contributed by atoms with Gasteiger partial charge >= 0.3 is 0 Å². The maximum atomic E-state index is 12.8. The third kappa shape index (κ3) is 2.84. The van der Waals surface area contributed by atoms with Crippen LogP contribution in [0.15, 0.2) is 66.0 Å². The smallest absolute Gasteiger partial charge is 0.271 e. The average Bonchev–Trinajstić information content (AvgIpc) is 2.73. The molecule has 3 N–H and O–H groups in total. The largest absolute Gasteiger partial charge is 0.398 e. The van der Waals surface area contributed by atoms with Crippen LogP contribution in [0.25, 0.3) is 0 Å². The van der Waals surface area contributed by atoms with Gasteiger partial charge in [0.2, 0.25) is 0 Å². The molecule has 0 spiro atoms. The predicted octanol–water partition coefficient (Wildman–Crippen LogP) is 2.20. The fraction of sp³-hybridized carbons (Fsp3) is 0. The van der Waals surface area contributed by atoms with Gasteiger partial charge in [-0.15, -0.1) is 0 Å². The van der Waals surface area contributed by atoms with Crippen molar-refractivity contribution in [3.63, 3.8) is 0 Å². The predicted molar refractivity (Wildman–Crippen MR) is 103 cm³/mol. The van der Waals surface area contributed by atoms with Crippen LogP contribution in [0.4, 0.5) is 5.69 Å². The van der Waals surface area contributed by atoms with Crippen molar-refractivity contribution in [2.24, 2.45) is 5.10 Å². The highest BCUT2D eigenvalue weighted by Gasteiger charge is 2.31. The van der Waals surface area contributed by atoms with Crippen molar-refractivity contribution in [2.45, 2.75) is 0 Å². The second-order valence-corrected chi connectivity index (χ2v) is 6.13. The summed E-state index contributed by atoms with van der Waals surface area (Å²) < 4.78 is 0. The van der Waals surface area contributed by atoms with Gasteiger partial charge in [0.15, 0.2) is 11.6 Å². The molecule has 4 rings (SSSR count). The molecule has 0 saturated heterocycles. The molecule has 1 aliphatic rings. The SMILES string of the molecule is Nc1c(/C=N\NC(=O)c2ccncc2)ccc2c1C(=O)c1ccccc1C2=O. The van der Waals surface area contributed by atoms with Gasteiger partial charge in [-0.05, 0) is 18.2 Å². The minimum atomic E-state index is -0.407. The molecule has 0 unspecified atom stereocenters. The molecule has 1 aromatic heterocycles. The van der Waals surface area contributed by atoms with Gasteiger partial charge in [0.05, 0.1) is 17.5 Å². The number of carbonyl (C=O) groups excluding carboxylic acids is 3. The lowest BCUT2D eigenvalue weighted by molar-refractivity contribution is 0.0954. The van der Waals surface area contributed by atoms with Gasteiger partial charge < -0.3 is 5.73 Å². The summed E-state index contributed by atoms with van der Waals surface area (Å²) in [6.45, 7) is 0. The Hall–Kier alpha value is -4.13. The molecule has 0 aliphatic heterocycles. The van der Waals surface area contributed by atoms with Gasteiger partial charge in [-0.1, -0.05) is 30.3 Å². The van der Waals surface area contributed by atoms with Crippen LogP contribution in [0.5, 0.6) is 0 Å². The number of nitrogens with one attached hydrogen (secondary N) is 1. The minimum absolute atomic E-state index is 0.146. The fourth-order valence-electron chi connectivity index (χ4n) is 3.07. The number of pyridine rings is 1. The number of ketones is 2. The standard InChI is InChI=1S/C21H14N4O3/c22-18-13(11-24-25-21(28)12-7-9-23-10-8-12)5-6-16-17(18)20(27)15-4-2-1-3-14(15)19(16)26/h1-11H,22H2,(H,25,28)/b24-11-. The number of nitrogens with two attached hydrogens (primary N) is 1. The Labute approximate surface area is 159 Å². The van der Waals surface area contributed by atoms with Gasteiger partial charge in [0.25, 0.3) is 5.91 Å². The zero-order valence-electron chi connectivity index (χ0n) is 14.5. The zero-order valence-corrected chi connectivity index (χ0v) is 14.5. The van der Waals surface area contributed by atoms with E-state index in [9.17, 15) is 14.4 Å². The molecule has 0 bridgehead atoms. The molecule has 136 valence electrons. The molecule has 7 nitrogen and oxygen atoms in total. The summed E-state index contributed by atoms with van der Waals surface area (Å²) in [7, 11) is 0. The number of hydrogen-bond acceptors (Lipinski definition) is 6.